The molecular formula is C15H20ClN3O3. The minimum Gasteiger partial charge on any atom is -0.481 e. The zero-order valence-electron chi connectivity index (χ0n) is 13.0. The maximum Gasteiger partial charge on any atom is 0.311 e. The summed E-state index contributed by atoms with van der Waals surface area (Å²) >= 11 is 6.22. The number of carbonyl (C=O) groups excluding carboxylic acids is 1. The Morgan fingerprint density at radius 1 is 1.45 bits per heavy atom. The van der Waals surface area contributed by atoms with E-state index >= 15 is 0 Å². The van der Waals surface area contributed by atoms with Gasteiger partial charge in [0.15, 0.2) is 0 Å². The number of rotatable bonds is 3. The second kappa shape index (κ2) is 4.98. The van der Waals surface area contributed by atoms with Crippen LogP contribution in [0.1, 0.15) is 48.8 Å². The summed E-state index contributed by atoms with van der Waals surface area (Å²) in [5.74, 6) is -0.996. The van der Waals surface area contributed by atoms with E-state index in [1.807, 2.05) is 6.92 Å². The van der Waals surface area contributed by atoms with Crippen molar-refractivity contribution in [3.63, 3.8) is 0 Å². The van der Waals surface area contributed by atoms with Crippen molar-refractivity contribution >= 4 is 23.5 Å². The van der Waals surface area contributed by atoms with Crippen LogP contribution < -0.4 is 0 Å². The van der Waals surface area contributed by atoms with Crippen LogP contribution in [0.15, 0.2) is 0 Å². The first-order valence-corrected chi connectivity index (χ1v) is 7.96. The molecule has 120 valence electrons. The van der Waals surface area contributed by atoms with Crippen LogP contribution in [0, 0.1) is 12.3 Å². The maximum absolute atomic E-state index is 13.0. The lowest BCUT2D eigenvalue weighted by Gasteiger charge is -2.32. The minimum absolute atomic E-state index is 0.0141. The van der Waals surface area contributed by atoms with Gasteiger partial charge in [0.1, 0.15) is 5.69 Å². The van der Waals surface area contributed by atoms with Gasteiger partial charge < -0.3 is 10.0 Å². The number of fused-ring (bicyclic) bond motifs is 2. The maximum atomic E-state index is 13.0. The van der Waals surface area contributed by atoms with Gasteiger partial charge in [0.05, 0.1) is 16.1 Å². The van der Waals surface area contributed by atoms with Gasteiger partial charge in [-0.05, 0) is 32.6 Å². The molecule has 1 amide bonds. The number of nitrogens with zero attached hydrogens (tertiary/aromatic N) is 3. The van der Waals surface area contributed by atoms with Gasteiger partial charge in [0.2, 0.25) is 0 Å². The molecule has 3 rings (SSSR count). The second-order valence-corrected chi connectivity index (χ2v) is 6.73. The number of aromatic nitrogens is 2. The van der Waals surface area contributed by atoms with E-state index in [2.05, 4.69) is 5.10 Å². The van der Waals surface area contributed by atoms with E-state index in [0.29, 0.717) is 29.3 Å². The van der Waals surface area contributed by atoms with Crippen molar-refractivity contribution in [3.8, 4) is 0 Å². The highest BCUT2D eigenvalue weighted by molar-refractivity contribution is 6.34. The van der Waals surface area contributed by atoms with E-state index < -0.39 is 11.4 Å². The molecule has 6 nitrogen and oxygen atoms in total. The largest absolute Gasteiger partial charge is 0.481 e. The summed E-state index contributed by atoms with van der Waals surface area (Å²) in [4.78, 5) is 26.5. The van der Waals surface area contributed by atoms with Gasteiger partial charge in [-0.1, -0.05) is 18.5 Å². The smallest absolute Gasteiger partial charge is 0.311 e. The summed E-state index contributed by atoms with van der Waals surface area (Å²) in [6.07, 6.45) is 2.67. The summed E-state index contributed by atoms with van der Waals surface area (Å²) < 4.78 is 1.49. The molecule has 2 fully saturated rings. The Kier molecular flexibility index (Phi) is 3.47. The summed E-state index contributed by atoms with van der Waals surface area (Å²) in [7, 11) is 1.69. The van der Waals surface area contributed by atoms with E-state index in [-0.39, 0.29) is 18.0 Å². The monoisotopic (exact) mass is 325 g/mol. The molecule has 2 aliphatic heterocycles. The molecule has 1 aromatic heterocycles. The average Bonchev–Trinajstić information content (AvgIpc) is 3.09. The van der Waals surface area contributed by atoms with Crippen molar-refractivity contribution in [3.05, 3.63) is 16.4 Å². The Labute approximate surface area is 134 Å². The molecule has 22 heavy (non-hydrogen) atoms. The number of aryl methyl sites for hydroxylation is 2. The van der Waals surface area contributed by atoms with Crippen LogP contribution in [-0.4, -0.2) is 43.7 Å². The molecular weight excluding hydrogens is 306 g/mol. The molecule has 7 heteroatoms. The first-order valence-electron chi connectivity index (χ1n) is 7.58. The first-order chi connectivity index (χ1) is 10.3. The van der Waals surface area contributed by atoms with Gasteiger partial charge >= 0.3 is 5.97 Å². The van der Waals surface area contributed by atoms with Crippen molar-refractivity contribution in [1.82, 2.24) is 14.7 Å². The van der Waals surface area contributed by atoms with Crippen LogP contribution >= 0.6 is 11.6 Å². The van der Waals surface area contributed by atoms with Crippen LogP contribution in [-0.2, 0) is 11.8 Å². The van der Waals surface area contributed by atoms with Gasteiger partial charge in [-0.25, -0.2) is 0 Å². The number of carbonyl (C=O) groups is 2. The number of aliphatic carboxylic acids is 1. The number of amides is 1. The van der Waals surface area contributed by atoms with Crippen LogP contribution in [0.5, 0.6) is 0 Å². The summed E-state index contributed by atoms with van der Waals surface area (Å²) in [5.41, 5.74) is 0.144. The van der Waals surface area contributed by atoms with Crippen LogP contribution in [0.2, 0.25) is 5.02 Å². The van der Waals surface area contributed by atoms with Crippen LogP contribution in [0.4, 0.5) is 0 Å². The zero-order valence-corrected chi connectivity index (χ0v) is 13.7. The second-order valence-electron chi connectivity index (χ2n) is 6.35. The van der Waals surface area contributed by atoms with Crippen LogP contribution in [0.25, 0.3) is 0 Å². The Morgan fingerprint density at radius 3 is 2.59 bits per heavy atom. The topological polar surface area (TPSA) is 75.4 Å². The average molecular weight is 326 g/mol. The molecule has 3 heterocycles. The van der Waals surface area contributed by atoms with E-state index in [9.17, 15) is 14.7 Å². The standard InChI is InChI=1S/C15H20ClN3O3/c1-4-15(14(21)22)7-9-5-6-10(15)19(9)13(20)12-11(16)8(2)17-18(12)3/h9-10H,4-7H2,1-3H3,(H,21,22)/t9-,10+,15+/m0/s1. The van der Waals surface area contributed by atoms with Gasteiger partial charge in [-0.3, -0.25) is 14.3 Å². The van der Waals surface area contributed by atoms with Gasteiger partial charge in [0.25, 0.3) is 5.91 Å². The lowest BCUT2D eigenvalue weighted by atomic mass is 9.72. The molecule has 0 unspecified atom stereocenters. The molecule has 0 spiro atoms. The van der Waals surface area contributed by atoms with Gasteiger partial charge in [-0.2, -0.15) is 5.10 Å². The van der Waals surface area contributed by atoms with E-state index in [0.717, 1.165) is 12.8 Å². The quantitative estimate of drug-likeness (QED) is 0.924. The molecule has 0 aromatic carbocycles. The number of hydrogen-bond acceptors (Lipinski definition) is 3. The SMILES string of the molecule is CC[C@@]1(C(=O)O)C[C@@H]2CC[C@H]1N2C(=O)c1c(Cl)c(C)nn1C. The number of carboxylic acid groups (broad SMARTS) is 1. The summed E-state index contributed by atoms with van der Waals surface area (Å²) in [5, 5.41) is 14.2. The van der Waals surface area contributed by atoms with Crippen molar-refractivity contribution in [2.24, 2.45) is 12.5 Å². The van der Waals surface area contributed by atoms with Crippen LogP contribution in [0.3, 0.4) is 0 Å². The predicted octanol–water partition coefficient (Wildman–Crippen LogP) is 2.24. The molecule has 0 saturated carbocycles. The summed E-state index contributed by atoms with van der Waals surface area (Å²) in [6.45, 7) is 3.64. The molecule has 2 aliphatic rings. The Hall–Kier alpha value is -1.56. The molecule has 3 atom stereocenters. The Bertz CT molecular complexity index is 657. The lowest BCUT2D eigenvalue weighted by Crippen LogP contribution is -2.45. The predicted molar refractivity (Wildman–Crippen MR) is 80.9 cm³/mol. The Balaban J connectivity index is 2.00. The van der Waals surface area contributed by atoms with Gasteiger partial charge in [-0.15, -0.1) is 0 Å². The zero-order chi connectivity index (χ0) is 16.2. The van der Waals surface area contributed by atoms with Gasteiger partial charge in [0, 0.05) is 19.1 Å². The molecule has 1 aromatic rings. The fourth-order valence-electron chi connectivity index (χ4n) is 4.24. The van der Waals surface area contributed by atoms with Crippen molar-refractivity contribution in [1.29, 1.82) is 0 Å². The normalized spacial score (nSPS) is 30.1. The third-order valence-electron chi connectivity index (χ3n) is 5.38. The molecule has 2 saturated heterocycles. The number of carboxylic acids is 1. The number of hydrogen-bond donors (Lipinski definition) is 1. The fourth-order valence-corrected chi connectivity index (χ4v) is 4.48. The lowest BCUT2D eigenvalue weighted by molar-refractivity contribution is -0.151. The minimum atomic E-state index is -0.821. The van der Waals surface area contributed by atoms with E-state index in [1.165, 1.54) is 4.68 Å². The van der Waals surface area contributed by atoms with E-state index in [1.54, 1.807) is 18.9 Å². The third kappa shape index (κ3) is 1.82. The molecule has 0 aliphatic carbocycles. The summed E-state index contributed by atoms with van der Waals surface area (Å²) in [6, 6.07) is -0.265. The van der Waals surface area contributed by atoms with Crippen molar-refractivity contribution < 1.29 is 14.7 Å². The third-order valence-corrected chi connectivity index (χ3v) is 5.84. The van der Waals surface area contributed by atoms with Crippen molar-refractivity contribution in [2.45, 2.75) is 51.6 Å². The highest BCUT2D eigenvalue weighted by Gasteiger charge is 2.61. The highest BCUT2D eigenvalue weighted by Crippen LogP contribution is 2.52. The molecule has 0 radical (unpaired) electrons. The highest BCUT2D eigenvalue weighted by atomic mass is 35.5. The molecule has 1 N–H and O–H groups in total. The fraction of sp³-hybridized carbons (Fsp3) is 0.667. The molecule has 2 bridgehead atoms. The Morgan fingerprint density at radius 2 is 2.14 bits per heavy atom. The van der Waals surface area contributed by atoms with Crippen molar-refractivity contribution in [2.75, 3.05) is 0 Å². The number of halogens is 1. The first kappa shape index (κ1) is 15.3. The van der Waals surface area contributed by atoms with E-state index in [4.69, 9.17) is 11.6 Å².